The average molecular weight is 1040 g/mol. The number of quaternary nitrogens is 1. The number of rotatable bonds is 54. The second-order valence-electron chi connectivity index (χ2n) is 21.5. The first kappa shape index (κ1) is 70.5. The van der Waals surface area contributed by atoms with Crippen molar-refractivity contribution in [3.8, 4) is 0 Å². The predicted molar refractivity (Wildman–Crippen MR) is 314 cm³/mol. The van der Waals surface area contributed by atoms with Crippen LogP contribution in [0.4, 0.5) is 0 Å². The van der Waals surface area contributed by atoms with Crippen LogP contribution in [0.1, 0.15) is 265 Å². The minimum absolute atomic E-state index is 0.0342. The minimum atomic E-state index is -4.45. The van der Waals surface area contributed by atoms with Gasteiger partial charge in [-0.3, -0.25) is 18.6 Å². The molecule has 0 heterocycles. The van der Waals surface area contributed by atoms with Gasteiger partial charge in [-0.1, -0.05) is 229 Å². The fraction of sp³-hybridized carbons (Fsp3) is 0.778. The molecule has 0 rings (SSSR count). The van der Waals surface area contributed by atoms with Crippen LogP contribution in [0.15, 0.2) is 72.9 Å². The Morgan fingerprint density at radius 1 is 0.493 bits per heavy atom. The number of phosphoric acid groups is 1. The number of allylic oxidation sites excluding steroid dienone is 11. The SMILES string of the molecule is CCCCC/C=C\C/C=C\C/C=C\CCCCCCCCCCC(=O)OC(/C=C\CCCCCCCCCCC)C(COP(=O)(O)OCC[N+](C)(C)C)NC(=O)CCCCCCCC/C=C/C=C/CCCCC. The van der Waals surface area contributed by atoms with E-state index in [0.29, 0.717) is 17.4 Å². The van der Waals surface area contributed by atoms with Gasteiger partial charge in [-0.05, 0) is 96.0 Å². The van der Waals surface area contributed by atoms with Crippen LogP contribution in [0.2, 0.25) is 0 Å². The fourth-order valence-corrected chi connectivity index (χ4v) is 9.14. The van der Waals surface area contributed by atoms with E-state index in [1.54, 1.807) is 0 Å². The number of hydrogen-bond acceptors (Lipinski definition) is 6. The normalized spacial score (nSPS) is 14.2. The Labute approximate surface area is 451 Å². The molecule has 0 bridgehead atoms. The lowest BCUT2D eigenvalue weighted by Gasteiger charge is -2.27. The zero-order valence-corrected chi connectivity index (χ0v) is 49.3. The molecule has 0 saturated carbocycles. The van der Waals surface area contributed by atoms with Gasteiger partial charge in [0.15, 0.2) is 0 Å². The van der Waals surface area contributed by atoms with E-state index in [2.05, 4.69) is 86.8 Å². The van der Waals surface area contributed by atoms with Gasteiger partial charge in [0.1, 0.15) is 19.3 Å². The number of hydrogen-bond donors (Lipinski definition) is 2. The van der Waals surface area contributed by atoms with Gasteiger partial charge in [0.25, 0.3) is 0 Å². The first-order valence-corrected chi connectivity index (χ1v) is 31.8. The molecule has 0 aliphatic rings. The van der Waals surface area contributed by atoms with Crippen molar-refractivity contribution < 1.29 is 37.3 Å². The number of carbonyl (C=O) groups is 2. The van der Waals surface area contributed by atoms with Crippen molar-refractivity contribution in [3.63, 3.8) is 0 Å². The van der Waals surface area contributed by atoms with Gasteiger partial charge >= 0.3 is 13.8 Å². The monoisotopic (exact) mass is 1040 g/mol. The van der Waals surface area contributed by atoms with Gasteiger partial charge in [-0.15, -0.1) is 0 Å². The maximum Gasteiger partial charge on any atom is 0.472 e. The zero-order chi connectivity index (χ0) is 53.6. The van der Waals surface area contributed by atoms with E-state index >= 15 is 0 Å². The molecule has 0 aliphatic carbocycles. The number of esters is 1. The highest BCUT2D eigenvalue weighted by atomic mass is 31.2. The van der Waals surface area contributed by atoms with Crippen LogP contribution in [0.3, 0.4) is 0 Å². The number of carbonyl (C=O) groups excluding carboxylic acids is 2. The molecule has 0 radical (unpaired) electrons. The second-order valence-corrected chi connectivity index (χ2v) is 23.0. The summed E-state index contributed by atoms with van der Waals surface area (Å²) in [6.45, 7) is 6.94. The summed E-state index contributed by atoms with van der Waals surface area (Å²) in [6, 6.07) is -0.859. The zero-order valence-electron chi connectivity index (χ0n) is 48.4. The topological polar surface area (TPSA) is 111 Å². The number of unbranched alkanes of at least 4 members (excludes halogenated alkanes) is 29. The molecule has 0 saturated heterocycles. The van der Waals surface area contributed by atoms with Crippen LogP contribution in [0.5, 0.6) is 0 Å². The molecule has 0 aromatic carbocycles. The number of amides is 1. The third kappa shape index (κ3) is 54.1. The first-order valence-electron chi connectivity index (χ1n) is 30.3. The maximum atomic E-state index is 13.5. The standard InChI is InChI=1S/C63H115N2O7P/c1-7-10-13-16-19-22-25-27-29-30-31-32-33-34-36-38-41-44-47-50-53-56-63(67)72-61(54-51-48-45-42-39-24-21-18-15-12-9-3)60(59-71-73(68,69)70-58-57-65(4,5)6)64-62(66)55-52-49-46-43-40-37-35-28-26-23-20-17-14-11-8-2/h19-20,22-23,26-29,31-32,51,54,60-61H,7-18,21,24-25,30,33-50,52-53,55-59H2,1-6H3,(H-,64,66,68,69)/p+1/b22-19-,23-20+,28-26+,29-27-,32-31-,54-51-. The number of nitrogens with zero attached hydrogens (tertiary/aromatic N) is 1. The molecule has 2 N–H and O–H groups in total. The molecular formula is C63H116N2O7P+. The summed E-state index contributed by atoms with van der Waals surface area (Å²) in [7, 11) is 1.48. The van der Waals surface area contributed by atoms with E-state index in [0.717, 1.165) is 103 Å². The molecule has 1 amide bonds. The highest BCUT2D eigenvalue weighted by molar-refractivity contribution is 7.47. The molecule has 0 spiro atoms. The van der Waals surface area contributed by atoms with Gasteiger partial charge in [0, 0.05) is 12.8 Å². The molecule has 3 unspecified atom stereocenters. The summed E-state index contributed by atoms with van der Waals surface area (Å²) < 4.78 is 30.6. The minimum Gasteiger partial charge on any atom is -0.456 e. The molecule has 424 valence electrons. The third-order valence-corrected chi connectivity index (χ3v) is 14.1. The Kier molecular flexibility index (Phi) is 51.0. The van der Waals surface area contributed by atoms with E-state index in [9.17, 15) is 19.0 Å². The third-order valence-electron chi connectivity index (χ3n) is 13.1. The molecule has 0 aromatic heterocycles. The summed E-state index contributed by atoms with van der Waals surface area (Å²) in [5, 5.41) is 3.04. The Balaban J connectivity index is 5.25. The molecule has 0 aliphatic heterocycles. The number of ether oxygens (including phenoxy) is 1. The highest BCUT2D eigenvalue weighted by Crippen LogP contribution is 2.43. The van der Waals surface area contributed by atoms with Gasteiger partial charge in [-0.25, -0.2) is 4.57 Å². The van der Waals surface area contributed by atoms with Gasteiger partial charge in [0.2, 0.25) is 5.91 Å². The molecular weight excluding hydrogens is 928 g/mol. The van der Waals surface area contributed by atoms with Crippen molar-refractivity contribution in [1.29, 1.82) is 0 Å². The molecule has 73 heavy (non-hydrogen) atoms. The Hall–Kier alpha value is -2.55. The fourth-order valence-electron chi connectivity index (χ4n) is 8.41. The predicted octanol–water partition coefficient (Wildman–Crippen LogP) is 18.4. The summed E-state index contributed by atoms with van der Waals surface area (Å²) in [6.07, 6.45) is 67.5. The van der Waals surface area contributed by atoms with Crippen molar-refractivity contribution >= 4 is 19.7 Å². The van der Waals surface area contributed by atoms with Gasteiger partial charge < -0.3 is 19.4 Å². The lowest BCUT2D eigenvalue weighted by molar-refractivity contribution is -0.870. The average Bonchev–Trinajstić information content (AvgIpc) is 3.35. The second kappa shape index (κ2) is 52.9. The van der Waals surface area contributed by atoms with Crippen LogP contribution >= 0.6 is 7.82 Å². The smallest absolute Gasteiger partial charge is 0.456 e. The number of nitrogens with one attached hydrogen (secondary N) is 1. The quantitative estimate of drug-likeness (QED) is 0.0156. The summed E-state index contributed by atoms with van der Waals surface area (Å²) >= 11 is 0. The maximum absolute atomic E-state index is 13.5. The highest BCUT2D eigenvalue weighted by Gasteiger charge is 2.30. The molecule has 10 heteroatoms. The van der Waals surface area contributed by atoms with Crippen molar-refractivity contribution in [3.05, 3.63) is 72.9 Å². The summed E-state index contributed by atoms with van der Waals surface area (Å²) in [5.74, 6) is -0.527. The van der Waals surface area contributed by atoms with Crippen LogP contribution in [-0.4, -0.2) is 74.3 Å². The lowest BCUT2D eigenvalue weighted by Crippen LogP contribution is -2.47. The molecule has 3 atom stereocenters. The molecule has 0 fully saturated rings. The van der Waals surface area contributed by atoms with Crippen LogP contribution in [0, 0.1) is 0 Å². The Bertz CT molecular complexity index is 1480. The molecule has 9 nitrogen and oxygen atoms in total. The van der Waals surface area contributed by atoms with Gasteiger partial charge in [-0.2, -0.15) is 0 Å². The summed E-state index contributed by atoms with van der Waals surface area (Å²) in [5.41, 5.74) is 0. The largest absolute Gasteiger partial charge is 0.472 e. The number of likely N-dealkylation sites (N-methyl/N-ethyl adjacent to an activating group) is 1. The van der Waals surface area contributed by atoms with Crippen LogP contribution < -0.4 is 5.32 Å². The van der Waals surface area contributed by atoms with Gasteiger partial charge in [0.05, 0.1) is 33.8 Å². The number of phosphoric ester groups is 1. The van der Waals surface area contributed by atoms with E-state index in [4.69, 9.17) is 13.8 Å². The van der Waals surface area contributed by atoms with Crippen LogP contribution in [-0.2, 0) is 27.9 Å². The summed E-state index contributed by atoms with van der Waals surface area (Å²) in [4.78, 5) is 37.6. The van der Waals surface area contributed by atoms with Crippen molar-refractivity contribution in [2.24, 2.45) is 0 Å². The molecule has 0 aromatic rings. The van der Waals surface area contributed by atoms with E-state index in [-0.39, 0.29) is 31.5 Å². The van der Waals surface area contributed by atoms with Crippen molar-refractivity contribution in [1.82, 2.24) is 5.32 Å². The Morgan fingerprint density at radius 3 is 1.36 bits per heavy atom. The van der Waals surface area contributed by atoms with E-state index in [1.807, 2.05) is 33.3 Å². The van der Waals surface area contributed by atoms with E-state index in [1.165, 1.54) is 128 Å². The Morgan fingerprint density at radius 2 is 0.877 bits per heavy atom. The van der Waals surface area contributed by atoms with Crippen LogP contribution in [0.25, 0.3) is 0 Å². The first-order chi connectivity index (χ1) is 35.4. The van der Waals surface area contributed by atoms with Crippen molar-refractivity contribution in [2.75, 3.05) is 40.9 Å². The van der Waals surface area contributed by atoms with Crippen molar-refractivity contribution in [2.45, 2.75) is 277 Å². The lowest BCUT2D eigenvalue weighted by atomic mass is 10.1. The van der Waals surface area contributed by atoms with E-state index < -0.39 is 20.0 Å².